The second-order valence-corrected chi connectivity index (χ2v) is 5.06. The summed E-state index contributed by atoms with van der Waals surface area (Å²) in [5.41, 5.74) is 2.12. The van der Waals surface area contributed by atoms with Crippen molar-refractivity contribution in [3.8, 4) is 0 Å². The summed E-state index contributed by atoms with van der Waals surface area (Å²) in [7, 11) is 0. The van der Waals surface area contributed by atoms with E-state index in [1.807, 2.05) is 10.6 Å². The Kier molecular flexibility index (Phi) is 4.78. The van der Waals surface area contributed by atoms with Crippen molar-refractivity contribution in [3.05, 3.63) is 33.7 Å². The number of pyridine rings is 1. The van der Waals surface area contributed by atoms with Crippen molar-refractivity contribution in [3.63, 3.8) is 0 Å². The van der Waals surface area contributed by atoms with Gasteiger partial charge in [-0.05, 0) is 25.3 Å². The fraction of sp³-hybridized carbons (Fsp3) is 0.615. The van der Waals surface area contributed by atoms with Crippen LogP contribution in [0.2, 0.25) is 0 Å². The highest BCUT2D eigenvalue weighted by molar-refractivity contribution is 9.08. The van der Waals surface area contributed by atoms with Crippen LogP contribution in [-0.4, -0.2) is 4.57 Å². The lowest BCUT2D eigenvalue weighted by atomic mass is 10.1. The zero-order valence-corrected chi connectivity index (χ0v) is 12.0. The lowest BCUT2D eigenvalue weighted by Crippen LogP contribution is -2.29. The van der Waals surface area contributed by atoms with Gasteiger partial charge in [0.1, 0.15) is 0 Å². The van der Waals surface area contributed by atoms with Crippen molar-refractivity contribution in [2.24, 2.45) is 0 Å². The first-order valence-electron chi connectivity index (χ1n) is 5.83. The molecule has 16 heavy (non-hydrogen) atoms. The Bertz CT molecular complexity index is 409. The first-order chi connectivity index (χ1) is 7.52. The molecule has 0 spiro atoms. The molecule has 0 aromatic carbocycles. The number of halogens is 1. The molecule has 0 aliphatic rings. The maximum absolute atomic E-state index is 12.3. The smallest absolute Gasteiger partial charge is 0.255 e. The summed E-state index contributed by atoms with van der Waals surface area (Å²) >= 11 is 3.36. The first-order valence-corrected chi connectivity index (χ1v) is 6.95. The lowest BCUT2D eigenvalue weighted by Gasteiger charge is -2.21. The van der Waals surface area contributed by atoms with E-state index in [1.54, 1.807) is 0 Å². The number of hydrogen-bond donors (Lipinski definition) is 0. The van der Waals surface area contributed by atoms with Gasteiger partial charge in [0.05, 0.1) is 0 Å². The Morgan fingerprint density at radius 2 is 1.94 bits per heavy atom. The number of aromatic nitrogens is 1. The largest absolute Gasteiger partial charge is 0.309 e. The minimum Gasteiger partial charge on any atom is -0.309 e. The lowest BCUT2D eigenvalue weighted by molar-refractivity contribution is 0.482. The van der Waals surface area contributed by atoms with Crippen LogP contribution >= 0.6 is 15.9 Å². The summed E-state index contributed by atoms with van der Waals surface area (Å²) in [5.74, 6) is 0.381. The van der Waals surface area contributed by atoms with Gasteiger partial charge in [0.15, 0.2) is 0 Å². The van der Waals surface area contributed by atoms with Crippen LogP contribution in [0.1, 0.15) is 57.3 Å². The second-order valence-electron chi connectivity index (χ2n) is 4.50. The second kappa shape index (κ2) is 5.67. The Hall–Kier alpha value is -0.570. The molecule has 0 bridgehead atoms. The van der Waals surface area contributed by atoms with Gasteiger partial charge < -0.3 is 4.57 Å². The van der Waals surface area contributed by atoms with Crippen molar-refractivity contribution < 1.29 is 0 Å². The molecule has 2 nitrogen and oxygen atoms in total. The molecule has 1 aromatic heterocycles. The van der Waals surface area contributed by atoms with Crippen LogP contribution in [0.25, 0.3) is 0 Å². The van der Waals surface area contributed by atoms with Crippen molar-refractivity contribution in [1.82, 2.24) is 4.57 Å². The minimum atomic E-state index is 0.150. The van der Waals surface area contributed by atoms with Gasteiger partial charge in [0, 0.05) is 22.6 Å². The number of nitrogens with zero attached hydrogens (tertiary/aromatic N) is 1. The van der Waals surface area contributed by atoms with E-state index < -0.39 is 0 Å². The van der Waals surface area contributed by atoms with Crippen molar-refractivity contribution in [2.75, 3.05) is 0 Å². The van der Waals surface area contributed by atoms with E-state index in [0.717, 1.165) is 17.7 Å². The van der Waals surface area contributed by atoms with Crippen LogP contribution in [0.15, 0.2) is 16.9 Å². The molecule has 1 atom stereocenters. The highest BCUT2D eigenvalue weighted by Crippen LogP contribution is 2.19. The molecule has 1 rings (SSSR count). The van der Waals surface area contributed by atoms with Gasteiger partial charge in [-0.25, -0.2) is 0 Å². The summed E-state index contributed by atoms with van der Waals surface area (Å²) in [5, 5.41) is 0.626. The van der Waals surface area contributed by atoms with Gasteiger partial charge in [-0.15, -0.1) is 0 Å². The van der Waals surface area contributed by atoms with E-state index in [-0.39, 0.29) is 11.6 Å². The van der Waals surface area contributed by atoms with Crippen molar-refractivity contribution in [1.29, 1.82) is 0 Å². The van der Waals surface area contributed by atoms with E-state index >= 15 is 0 Å². The first kappa shape index (κ1) is 13.5. The SMILES string of the molecule is CCC(C)n1c(C(C)C)ccc(CBr)c1=O. The van der Waals surface area contributed by atoms with Gasteiger partial charge in [-0.1, -0.05) is 42.8 Å². The van der Waals surface area contributed by atoms with E-state index in [9.17, 15) is 4.79 Å². The van der Waals surface area contributed by atoms with Gasteiger partial charge in [0.25, 0.3) is 5.56 Å². The van der Waals surface area contributed by atoms with E-state index in [4.69, 9.17) is 0 Å². The zero-order chi connectivity index (χ0) is 12.3. The van der Waals surface area contributed by atoms with Crippen molar-refractivity contribution in [2.45, 2.75) is 51.4 Å². The molecule has 1 aromatic rings. The van der Waals surface area contributed by atoms with Gasteiger partial charge in [0.2, 0.25) is 0 Å². The Morgan fingerprint density at radius 3 is 2.38 bits per heavy atom. The van der Waals surface area contributed by atoms with E-state index in [1.165, 1.54) is 0 Å². The van der Waals surface area contributed by atoms with E-state index in [2.05, 4.69) is 49.7 Å². The fourth-order valence-electron chi connectivity index (χ4n) is 1.82. The molecule has 1 heterocycles. The quantitative estimate of drug-likeness (QED) is 0.771. The van der Waals surface area contributed by atoms with Crippen LogP contribution in [-0.2, 0) is 5.33 Å². The predicted octanol–water partition coefficient (Wildman–Crippen LogP) is 3.84. The average molecular weight is 286 g/mol. The van der Waals surface area contributed by atoms with Crippen LogP contribution in [0, 0.1) is 0 Å². The molecule has 0 saturated carbocycles. The summed E-state index contributed by atoms with van der Waals surface area (Å²) in [6.07, 6.45) is 0.978. The van der Waals surface area contributed by atoms with Gasteiger partial charge >= 0.3 is 0 Å². The van der Waals surface area contributed by atoms with Crippen LogP contribution in [0.5, 0.6) is 0 Å². The maximum Gasteiger partial charge on any atom is 0.255 e. The molecule has 0 aliphatic heterocycles. The normalized spacial score (nSPS) is 13.1. The molecule has 0 fully saturated rings. The number of rotatable bonds is 4. The highest BCUT2D eigenvalue weighted by Gasteiger charge is 2.14. The fourth-order valence-corrected chi connectivity index (χ4v) is 2.25. The number of alkyl halides is 1. The van der Waals surface area contributed by atoms with Crippen LogP contribution in [0.3, 0.4) is 0 Å². The van der Waals surface area contributed by atoms with Crippen molar-refractivity contribution >= 4 is 15.9 Å². The third kappa shape index (κ3) is 2.57. The summed E-state index contributed by atoms with van der Waals surface area (Å²) in [6, 6.07) is 4.28. The monoisotopic (exact) mass is 285 g/mol. The van der Waals surface area contributed by atoms with Crippen LogP contribution < -0.4 is 5.56 Å². The molecule has 0 N–H and O–H groups in total. The molecule has 3 heteroatoms. The number of hydrogen-bond acceptors (Lipinski definition) is 1. The average Bonchev–Trinajstić information content (AvgIpc) is 2.27. The minimum absolute atomic E-state index is 0.150. The highest BCUT2D eigenvalue weighted by atomic mass is 79.9. The molecular weight excluding hydrogens is 266 g/mol. The third-order valence-electron chi connectivity index (χ3n) is 2.99. The summed E-state index contributed by atoms with van der Waals surface area (Å²) in [4.78, 5) is 12.3. The maximum atomic E-state index is 12.3. The van der Waals surface area contributed by atoms with Gasteiger partial charge in [-0.2, -0.15) is 0 Å². The molecule has 0 radical (unpaired) electrons. The third-order valence-corrected chi connectivity index (χ3v) is 3.60. The predicted molar refractivity (Wildman–Crippen MR) is 72.4 cm³/mol. The zero-order valence-electron chi connectivity index (χ0n) is 10.5. The van der Waals surface area contributed by atoms with Gasteiger partial charge in [-0.3, -0.25) is 4.79 Å². The Balaban J connectivity index is 3.43. The Morgan fingerprint density at radius 1 is 1.31 bits per heavy atom. The molecule has 1 unspecified atom stereocenters. The Labute approximate surface area is 106 Å². The topological polar surface area (TPSA) is 22.0 Å². The molecule has 90 valence electrons. The standard InChI is InChI=1S/C13H20BrNO/c1-5-10(4)15-12(9(2)3)7-6-11(8-14)13(15)16/h6-7,9-10H,5,8H2,1-4H3. The molecule has 0 aliphatic carbocycles. The molecule has 0 saturated heterocycles. The van der Waals surface area contributed by atoms with Crippen LogP contribution in [0.4, 0.5) is 0 Å². The summed E-state index contributed by atoms with van der Waals surface area (Å²) in [6.45, 7) is 8.47. The molecular formula is C13H20BrNO. The molecule has 0 amide bonds. The van der Waals surface area contributed by atoms with E-state index in [0.29, 0.717) is 11.2 Å². The summed E-state index contributed by atoms with van der Waals surface area (Å²) < 4.78 is 1.95.